The molecule has 0 spiro atoms. The van der Waals surface area contributed by atoms with E-state index in [4.69, 9.17) is 0 Å². The first-order chi connectivity index (χ1) is 19.8. The summed E-state index contributed by atoms with van der Waals surface area (Å²) < 4.78 is 70.1. The minimum Gasteiger partial charge on any atom is -0.321 e. The Balaban J connectivity index is 1.96. The molecule has 8 heteroatoms. The standard InChI is InChI=1S/C34H32F5N3/c1-20-13-14-26(34(37,38)39)17-28(20)27-11-6-10-25(19-40)31(27)21(2)30-22(3)33(5,15-8-16-41-42-23(30)4)18-24-9-7-12-29(35)32(24)36/h6-7,9-14,17,41-42H,2,4,8,15-16,18H2,1,3,5H3. The summed E-state index contributed by atoms with van der Waals surface area (Å²) in [5.74, 6) is -1.83. The molecule has 0 aromatic heterocycles. The number of alkyl halides is 3. The second-order valence-electron chi connectivity index (χ2n) is 10.9. The number of aryl methyl sites for hydroxylation is 1. The third-order valence-electron chi connectivity index (χ3n) is 8.11. The Kier molecular flexibility index (Phi) is 8.74. The molecule has 1 aliphatic rings. The number of nitriles is 1. The molecule has 0 saturated carbocycles. The van der Waals surface area contributed by atoms with E-state index in [-0.39, 0.29) is 17.5 Å². The highest BCUT2D eigenvalue weighted by molar-refractivity contribution is 5.93. The summed E-state index contributed by atoms with van der Waals surface area (Å²) in [6.45, 7) is 14.7. The fourth-order valence-corrected chi connectivity index (χ4v) is 5.66. The second-order valence-corrected chi connectivity index (χ2v) is 10.9. The summed E-state index contributed by atoms with van der Waals surface area (Å²) in [5.41, 5.74) is 9.02. The molecule has 0 fully saturated rings. The van der Waals surface area contributed by atoms with E-state index in [0.717, 1.165) is 23.8 Å². The molecule has 1 unspecified atom stereocenters. The fraction of sp³-hybridized carbons (Fsp3) is 0.265. The SMILES string of the molecule is C=C1NNCCCC(C)(Cc2cccc(F)c2F)C(C)=C1C(=C)c1c(C#N)cccc1-c1cc(C(F)(F)F)ccc1C. The molecular formula is C34H32F5N3. The summed E-state index contributed by atoms with van der Waals surface area (Å²) in [4.78, 5) is 0. The summed E-state index contributed by atoms with van der Waals surface area (Å²) in [6.07, 6.45) is -3.06. The van der Waals surface area contributed by atoms with Crippen molar-refractivity contribution in [1.82, 2.24) is 10.9 Å². The van der Waals surface area contributed by atoms with Crippen molar-refractivity contribution in [2.45, 2.75) is 46.2 Å². The zero-order chi connectivity index (χ0) is 30.8. The van der Waals surface area contributed by atoms with Gasteiger partial charge in [-0.05, 0) is 90.6 Å². The predicted octanol–water partition coefficient (Wildman–Crippen LogP) is 8.81. The van der Waals surface area contributed by atoms with Crippen LogP contribution in [0.2, 0.25) is 0 Å². The Bertz CT molecular complexity index is 1630. The molecule has 1 aliphatic heterocycles. The van der Waals surface area contributed by atoms with Crippen LogP contribution < -0.4 is 10.9 Å². The maximum atomic E-state index is 14.8. The molecule has 2 N–H and O–H groups in total. The van der Waals surface area contributed by atoms with Gasteiger partial charge in [-0.3, -0.25) is 0 Å². The zero-order valence-corrected chi connectivity index (χ0v) is 23.8. The van der Waals surface area contributed by atoms with Crippen molar-refractivity contribution in [3.05, 3.63) is 124 Å². The van der Waals surface area contributed by atoms with E-state index in [2.05, 4.69) is 30.1 Å². The lowest BCUT2D eigenvalue weighted by atomic mass is 9.70. The van der Waals surface area contributed by atoms with Gasteiger partial charge in [0.25, 0.3) is 0 Å². The molecule has 0 amide bonds. The molecule has 3 nitrogen and oxygen atoms in total. The fourth-order valence-electron chi connectivity index (χ4n) is 5.66. The Hall–Kier alpha value is -4.22. The quantitative estimate of drug-likeness (QED) is 0.298. The van der Waals surface area contributed by atoms with Crippen LogP contribution in [-0.2, 0) is 12.6 Å². The minimum atomic E-state index is -4.55. The van der Waals surface area contributed by atoms with Gasteiger partial charge in [-0.25, -0.2) is 14.2 Å². The van der Waals surface area contributed by atoms with Crippen LogP contribution in [0.25, 0.3) is 16.7 Å². The maximum Gasteiger partial charge on any atom is 0.416 e. The van der Waals surface area contributed by atoms with Gasteiger partial charge in [0.1, 0.15) is 0 Å². The van der Waals surface area contributed by atoms with E-state index in [9.17, 15) is 27.2 Å². The highest BCUT2D eigenvalue weighted by Gasteiger charge is 2.34. The van der Waals surface area contributed by atoms with Crippen LogP contribution in [-0.4, -0.2) is 6.54 Å². The van der Waals surface area contributed by atoms with Crippen molar-refractivity contribution in [2.75, 3.05) is 6.54 Å². The maximum absolute atomic E-state index is 14.8. The molecule has 218 valence electrons. The van der Waals surface area contributed by atoms with Gasteiger partial charge in [-0.2, -0.15) is 18.4 Å². The predicted molar refractivity (Wildman–Crippen MR) is 156 cm³/mol. The Morgan fingerprint density at radius 2 is 1.76 bits per heavy atom. The molecule has 0 bridgehead atoms. The zero-order valence-electron chi connectivity index (χ0n) is 23.8. The summed E-state index contributed by atoms with van der Waals surface area (Å²) in [5, 5.41) is 10.1. The molecule has 3 aromatic rings. The van der Waals surface area contributed by atoms with Crippen LogP contribution in [0.15, 0.2) is 84.6 Å². The third-order valence-corrected chi connectivity index (χ3v) is 8.11. The first-order valence-electron chi connectivity index (χ1n) is 13.5. The molecule has 0 radical (unpaired) electrons. The van der Waals surface area contributed by atoms with Gasteiger partial charge in [0.05, 0.1) is 17.2 Å². The number of hydrazine groups is 1. The van der Waals surface area contributed by atoms with Crippen LogP contribution in [0.1, 0.15) is 54.5 Å². The lowest BCUT2D eigenvalue weighted by Crippen LogP contribution is -2.32. The highest BCUT2D eigenvalue weighted by Crippen LogP contribution is 2.45. The average Bonchev–Trinajstić information content (AvgIpc) is 2.99. The average molecular weight is 578 g/mol. The summed E-state index contributed by atoms with van der Waals surface area (Å²) >= 11 is 0. The van der Waals surface area contributed by atoms with E-state index >= 15 is 0 Å². The van der Waals surface area contributed by atoms with Crippen LogP contribution >= 0.6 is 0 Å². The minimum absolute atomic E-state index is 0.186. The molecule has 1 heterocycles. The smallest absolute Gasteiger partial charge is 0.321 e. The molecule has 0 saturated heterocycles. The monoisotopic (exact) mass is 577 g/mol. The van der Waals surface area contributed by atoms with E-state index in [1.807, 2.05) is 13.8 Å². The van der Waals surface area contributed by atoms with Gasteiger partial charge < -0.3 is 5.43 Å². The van der Waals surface area contributed by atoms with Crippen molar-refractivity contribution in [3.8, 4) is 17.2 Å². The lowest BCUT2D eigenvalue weighted by Gasteiger charge is -2.34. The number of nitrogens with one attached hydrogen (secondary N) is 2. The largest absolute Gasteiger partial charge is 0.416 e. The van der Waals surface area contributed by atoms with Crippen LogP contribution in [0.4, 0.5) is 22.0 Å². The van der Waals surface area contributed by atoms with Gasteiger partial charge in [0.2, 0.25) is 0 Å². The molecular weight excluding hydrogens is 545 g/mol. The number of allylic oxidation sites excluding steroid dienone is 2. The van der Waals surface area contributed by atoms with Gasteiger partial charge in [-0.15, -0.1) is 0 Å². The normalized spacial score (nSPS) is 18.0. The first kappa shape index (κ1) is 30.7. The third kappa shape index (κ3) is 6.02. The molecule has 3 aromatic carbocycles. The molecule has 1 atom stereocenters. The van der Waals surface area contributed by atoms with E-state index in [0.29, 0.717) is 58.5 Å². The summed E-state index contributed by atoms with van der Waals surface area (Å²) in [7, 11) is 0. The lowest BCUT2D eigenvalue weighted by molar-refractivity contribution is -0.137. The van der Waals surface area contributed by atoms with Crippen LogP contribution in [0, 0.1) is 35.3 Å². The van der Waals surface area contributed by atoms with Crippen LogP contribution in [0.3, 0.4) is 0 Å². The first-order valence-corrected chi connectivity index (χ1v) is 13.5. The number of benzene rings is 3. The van der Waals surface area contributed by atoms with E-state index in [1.54, 1.807) is 31.2 Å². The van der Waals surface area contributed by atoms with Gasteiger partial charge in [0.15, 0.2) is 11.6 Å². The Morgan fingerprint density at radius 3 is 2.45 bits per heavy atom. The topological polar surface area (TPSA) is 47.8 Å². The molecule has 0 aliphatic carbocycles. The number of halogens is 5. The van der Waals surface area contributed by atoms with Crippen molar-refractivity contribution in [1.29, 1.82) is 5.26 Å². The van der Waals surface area contributed by atoms with Crippen molar-refractivity contribution < 1.29 is 22.0 Å². The number of hydrogen-bond donors (Lipinski definition) is 2. The number of hydrogen-bond acceptors (Lipinski definition) is 3. The highest BCUT2D eigenvalue weighted by atomic mass is 19.4. The summed E-state index contributed by atoms with van der Waals surface area (Å²) in [6, 6.07) is 14.7. The molecule has 4 rings (SSSR count). The van der Waals surface area contributed by atoms with E-state index < -0.39 is 28.8 Å². The second kappa shape index (κ2) is 11.9. The van der Waals surface area contributed by atoms with Gasteiger partial charge in [-0.1, -0.05) is 56.0 Å². The van der Waals surface area contributed by atoms with Crippen molar-refractivity contribution in [3.63, 3.8) is 0 Å². The van der Waals surface area contributed by atoms with Gasteiger partial charge >= 0.3 is 6.18 Å². The Morgan fingerprint density at radius 1 is 1.05 bits per heavy atom. The molecule has 42 heavy (non-hydrogen) atoms. The van der Waals surface area contributed by atoms with Crippen molar-refractivity contribution in [2.24, 2.45) is 5.41 Å². The van der Waals surface area contributed by atoms with Gasteiger partial charge in [0, 0.05) is 23.4 Å². The van der Waals surface area contributed by atoms with E-state index in [1.165, 1.54) is 12.1 Å². The number of nitrogens with zero attached hydrogens (tertiary/aromatic N) is 1. The Labute approximate surface area is 243 Å². The van der Waals surface area contributed by atoms with Crippen molar-refractivity contribution >= 4 is 5.57 Å². The number of rotatable bonds is 5. The van der Waals surface area contributed by atoms with Crippen LogP contribution in [0.5, 0.6) is 0 Å².